The van der Waals surface area contributed by atoms with Crippen molar-refractivity contribution in [1.29, 1.82) is 0 Å². The van der Waals surface area contributed by atoms with Crippen LogP contribution in [0.2, 0.25) is 0 Å². The van der Waals surface area contributed by atoms with Crippen LogP contribution in [-0.4, -0.2) is 62.9 Å². The number of aliphatic hydroxyl groups excluding tert-OH is 2. The molecular weight excluding hydrogens is 284 g/mol. The molecule has 0 spiro atoms. The molecular formula is C16H28N2O4. The van der Waals surface area contributed by atoms with Gasteiger partial charge in [0.1, 0.15) is 0 Å². The maximum atomic E-state index is 9.56. The molecule has 1 aromatic rings. The summed E-state index contributed by atoms with van der Waals surface area (Å²) < 4.78 is 9.76. The van der Waals surface area contributed by atoms with Crippen molar-refractivity contribution in [3.05, 3.63) is 35.4 Å². The van der Waals surface area contributed by atoms with Gasteiger partial charge in [0, 0.05) is 40.4 Å². The Hall–Kier alpha value is -1.02. The molecule has 0 saturated carbocycles. The molecule has 0 aromatic heterocycles. The second-order valence-electron chi connectivity index (χ2n) is 5.30. The Morgan fingerprint density at radius 2 is 1.36 bits per heavy atom. The normalized spacial score (nSPS) is 14.0. The zero-order valence-corrected chi connectivity index (χ0v) is 13.4. The van der Waals surface area contributed by atoms with Gasteiger partial charge in [-0.25, -0.2) is 0 Å². The zero-order chi connectivity index (χ0) is 16.2. The Bertz CT molecular complexity index is 370. The van der Waals surface area contributed by atoms with Crippen molar-refractivity contribution < 1.29 is 19.7 Å². The summed E-state index contributed by atoms with van der Waals surface area (Å²) in [5.41, 5.74) is 2.31. The third-order valence-corrected chi connectivity index (χ3v) is 3.13. The summed E-state index contributed by atoms with van der Waals surface area (Å²) in [6.45, 7) is 3.06. The predicted molar refractivity (Wildman–Crippen MR) is 85.6 cm³/mol. The molecule has 0 saturated heterocycles. The molecule has 0 amide bonds. The molecule has 0 aliphatic carbocycles. The van der Waals surface area contributed by atoms with E-state index in [1.54, 1.807) is 14.2 Å². The molecule has 0 radical (unpaired) electrons. The van der Waals surface area contributed by atoms with Gasteiger partial charge in [-0.2, -0.15) is 0 Å². The molecule has 4 N–H and O–H groups in total. The maximum absolute atomic E-state index is 9.56. The third-order valence-electron chi connectivity index (χ3n) is 3.13. The van der Waals surface area contributed by atoms with Crippen molar-refractivity contribution in [1.82, 2.24) is 10.6 Å². The van der Waals surface area contributed by atoms with Gasteiger partial charge >= 0.3 is 0 Å². The molecule has 6 nitrogen and oxygen atoms in total. The van der Waals surface area contributed by atoms with E-state index < -0.39 is 12.2 Å². The molecule has 0 bridgehead atoms. The fraction of sp³-hybridized carbons (Fsp3) is 0.625. The van der Waals surface area contributed by atoms with Crippen LogP contribution >= 0.6 is 0 Å². The van der Waals surface area contributed by atoms with Crippen LogP contribution in [0.3, 0.4) is 0 Å². The predicted octanol–water partition coefficient (Wildman–Crippen LogP) is -0.120. The molecule has 126 valence electrons. The number of methoxy groups -OCH3 is 2. The zero-order valence-electron chi connectivity index (χ0n) is 13.4. The van der Waals surface area contributed by atoms with Crippen LogP contribution in [0, 0.1) is 0 Å². The second kappa shape index (κ2) is 11.5. The molecule has 0 heterocycles. The van der Waals surface area contributed by atoms with E-state index in [0.29, 0.717) is 39.4 Å². The van der Waals surface area contributed by atoms with Crippen molar-refractivity contribution >= 4 is 0 Å². The average molecular weight is 312 g/mol. The highest BCUT2D eigenvalue weighted by Gasteiger charge is 2.04. The van der Waals surface area contributed by atoms with E-state index in [4.69, 9.17) is 9.47 Å². The van der Waals surface area contributed by atoms with Crippen molar-refractivity contribution in [3.63, 3.8) is 0 Å². The lowest BCUT2D eigenvalue weighted by molar-refractivity contribution is 0.0644. The third kappa shape index (κ3) is 8.43. The molecule has 6 heteroatoms. The first-order valence-corrected chi connectivity index (χ1v) is 7.49. The summed E-state index contributed by atoms with van der Waals surface area (Å²) in [6, 6.07) is 8.19. The monoisotopic (exact) mass is 312 g/mol. The molecule has 1 rings (SSSR count). The van der Waals surface area contributed by atoms with Crippen LogP contribution < -0.4 is 10.6 Å². The summed E-state index contributed by atoms with van der Waals surface area (Å²) in [6.07, 6.45) is -0.978. The van der Waals surface area contributed by atoms with E-state index in [1.807, 2.05) is 18.2 Å². The number of hydrogen-bond donors (Lipinski definition) is 4. The highest BCUT2D eigenvalue weighted by atomic mass is 16.5. The van der Waals surface area contributed by atoms with Gasteiger partial charge in [0.05, 0.1) is 25.4 Å². The lowest BCUT2D eigenvalue weighted by Crippen LogP contribution is -2.30. The van der Waals surface area contributed by atoms with Gasteiger partial charge in [-0.1, -0.05) is 24.3 Å². The number of rotatable bonds is 12. The molecule has 0 fully saturated rings. The molecule has 0 aliphatic heterocycles. The van der Waals surface area contributed by atoms with Crippen LogP contribution in [0.1, 0.15) is 11.1 Å². The Morgan fingerprint density at radius 3 is 1.77 bits per heavy atom. The number of hydrogen-bond acceptors (Lipinski definition) is 6. The first-order valence-electron chi connectivity index (χ1n) is 7.49. The Labute approximate surface area is 132 Å². The fourth-order valence-corrected chi connectivity index (χ4v) is 2.12. The van der Waals surface area contributed by atoms with Crippen LogP contribution in [0.4, 0.5) is 0 Å². The lowest BCUT2D eigenvalue weighted by atomic mass is 10.1. The number of ether oxygens (including phenoxy) is 2. The summed E-state index contributed by atoms with van der Waals surface area (Å²) in [5.74, 6) is 0. The van der Waals surface area contributed by atoms with Gasteiger partial charge in [-0.3, -0.25) is 0 Å². The Balaban J connectivity index is 2.29. The van der Waals surface area contributed by atoms with Crippen LogP contribution in [0.5, 0.6) is 0 Å². The highest BCUT2D eigenvalue weighted by Crippen LogP contribution is 2.05. The smallest absolute Gasteiger partial charge is 0.0897 e. The maximum Gasteiger partial charge on any atom is 0.0897 e. The van der Waals surface area contributed by atoms with E-state index in [0.717, 1.165) is 11.1 Å². The van der Waals surface area contributed by atoms with E-state index in [-0.39, 0.29) is 0 Å². The van der Waals surface area contributed by atoms with Gasteiger partial charge in [0.25, 0.3) is 0 Å². The minimum atomic E-state index is -0.489. The van der Waals surface area contributed by atoms with Crippen molar-refractivity contribution in [2.75, 3.05) is 40.5 Å². The van der Waals surface area contributed by atoms with Gasteiger partial charge in [0.2, 0.25) is 0 Å². The lowest BCUT2D eigenvalue weighted by Gasteiger charge is -2.12. The first-order chi connectivity index (χ1) is 10.7. The number of nitrogens with one attached hydrogen (secondary N) is 2. The highest BCUT2D eigenvalue weighted by molar-refractivity contribution is 5.23. The van der Waals surface area contributed by atoms with Gasteiger partial charge < -0.3 is 30.3 Å². The molecule has 0 aliphatic rings. The minimum Gasteiger partial charge on any atom is -0.389 e. The summed E-state index contributed by atoms with van der Waals surface area (Å²) in [5, 5.41) is 25.5. The topological polar surface area (TPSA) is 83.0 Å². The first kappa shape index (κ1) is 19.0. The Kier molecular flexibility index (Phi) is 9.98. The molecule has 2 atom stereocenters. The van der Waals surface area contributed by atoms with Crippen molar-refractivity contribution in [3.8, 4) is 0 Å². The standard InChI is InChI=1S/C16H28N2O4/c1-21-11-15(19)9-17-7-13-4-3-5-14(6-13)8-18-10-16(20)12-22-2/h3-6,15-20H,7-12H2,1-2H3. The summed E-state index contributed by atoms with van der Waals surface area (Å²) in [4.78, 5) is 0. The second-order valence-corrected chi connectivity index (χ2v) is 5.30. The van der Waals surface area contributed by atoms with Crippen LogP contribution in [0.25, 0.3) is 0 Å². The van der Waals surface area contributed by atoms with E-state index in [9.17, 15) is 10.2 Å². The quantitative estimate of drug-likeness (QED) is 0.431. The van der Waals surface area contributed by atoms with Gasteiger partial charge in [-0.05, 0) is 11.1 Å². The number of aliphatic hydroxyl groups is 2. The SMILES string of the molecule is COCC(O)CNCc1cccc(CNCC(O)COC)c1. The molecule has 2 unspecified atom stereocenters. The average Bonchev–Trinajstić information content (AvgIpc) is 2.48. The van der Waals surface area contributed by atoms with E-state index in [2.05, 4.69) is 16.7 Å². The fourth-order valence-electron chi connectivity index (χ4n) is 2.12. The van der Waals surface area contributed by atoms with Crippen molar-refractivity contribution in [2.24, 2.45) is 0 Å². The van der Waals surface area contributed by atoms with E-state index >= 15 is 0 Å². The van der Waals surface area contributed by atoms with Crippen molar-refractivity contribution in [2.45, 2.75) is 25.3 Å². The molecule has 22 heavy (non-hydrogen) atoms. The minimum absolute atomic E-state index is 0.334. The Morgan fingerprint density at radius 1 is 0.909 bits per heavy atom. The van der Waals surface area contributed by atoms with Crippen LogP contribution in [0.15, 0.2) is 24.3 Å². The van der Waals surface area contributed by atoms with E-state index in [1.165, 1.54) is 0 Å². The van der Waals surface area contributed by atoms with Gasteiger partial charge in [-0.15, -0.1) is 0 Å². The summed E-state index contributed by atoms with van der Waals surface area (Å²) >= 11 is 0. The molecule has 1 aromatic carbocycles. The van der Waals surface area contributed by atoms with Gasteiger partial charge in [0.15, 0.2) is 0 Å². The van der Waals surface area contributed by atoms with Crippen LogP contribution in [-0.2, 0) is 22.6 Å². The summed E-state index contributed by atoms with van der Waals surface area (Å²) in [7, 11) is 3.15. The number of benzene rings is 1. The largest absolute Gasteiger partial charge is 0.389 e.